The second-order valence-corrected chi connectivity index (χ2v) is 4.67. The third-order valence-corrected chi connectivity index (χ3v) is 3.45. The van der Waals surface area contributed by atoms with Gasteiger partial charge in [-0.05, 0) is 26.2 Å². The van der Waals surface area contributed by atoms with Gasteiger partial charge in [0.05, 0.1) is 0 Å². The summed E-state index contributed by atoms with van der Waals surface area (Å²) in [6.45, 7) is 6.77. The Bertz CT molecular complexity index is 158. The van der Waals surface area contributed by atoms with E-state index in [1.165, 1.54) is 32.1 Å². The molecule has 0 aromatic rings. The Morgan fingerprint density at radius 2 is 1.94 bits per heavy atom. The molecule has 0 spiro atoms. The summed E-state index contributed by atoms with van der Waals surface area (Å²) in [6, 6.07) is 0.791. The Morgan fingerprint density at radius 1 is 1.19 bits per heavy atom. The van der Waals surface area contributed by atoms with Crippen molar-refractivity contribution < 1.29 is 4.74 Å². The SMILES string of the molecule is CCOCCCN(CCN)C1CCCCC1. The van der Waals surface area contributed by atoms with E-state index in [2.05, 4.69) is 11.8 Å². The number of nitrogens with zero attached hydrogens (tertiary/aromatic N) is 1. The molecule has 0 aromatic heterocycles. The predicted octanol–water partition coefficient (Wildman–Crippen LogP) is 2.01. The lowest BCUT2D eigenvalue weighted by molar-refractivity contribution is 0.111. The fourth-order valence-corrected chi connectivity index (χ4v) is 2.60. The van der Waals surface area contributed by atoms with E-state index >= 15 is 0 Å². The monoisotopic (exact) mass is 228 g/mol. The Hall–Kier alpha value is -0.120. The quantitative estimate of drug-likeness (QED) is 0.646. The topological polar surface area (TPSA) is 38.5 Å². The molecule has 0 unspecified atom stereocenters. The van der Waals surface area contributed by atoms with Gasteiger partial charge < -0.3 is 10.5 Å². The standard InChI is InChI=1S/C13H28N2O/c1-2-16-12-6-10-15(11-9-14)13-7-4-3-5-8-13/h13H,2-12,14H2,1H3. The van der Waals surface area contributed by atoms with Gasteiger partial charge in [0.2, 0.25) is 0 Å². The van der Waals surface area contributed by atoms with Crippen molar-refractivity contribution in [3.63, 3.8) is 0 Å². The molecule has 1 aliphatic rings. The third-order valence-electron chi connectivity index (χ3n) is 3.45. The number of nitrogens with two attached hydrogens (primary N) is 1. The summed E-state index contributed by atoms with van der Waals surface area (Å²) in [5.74, 6) is 0. The third kappa shape index (κ3) is 5.28. The lowest BCUT2D eigenvalue weighted by Gasteiger charge is -2.34. The molecule has 2 N–H and O–H groups in total. The van der Waals surface area contributed by atoms with E-state index in [4.69, 9.17) is 10.5 Å². The summed E-state index contributed by atoms with van der Waals surface area (Å²) in [6.07, 6.45) is 8.11. The highest BCUT2D eigenvalue weighted by Gasteiger charge is 2.19. The largest absolute Gasteiger partial charge is 0.382 e. The molecule has 0 radical (unpaired) electrons. The molecular weight excluding hydrogens is 200 g/mol. The molecule has 0 bridgehead atoms. The van der Waals surface area contributed by atoms with Crippen LogP contribution in [0.15, 0.2) is 0 Å². The molecule has 3 heteroatoms. The van der Waals surface area contributed by atoms with E-state index in [0.29, 0.717) is 0 Å². The summed E-state index contributed by atoms with van der Waals surface area (Å²) < 4.78 is 5.39. The van der Waals surface area contributed by atoms with Crippen molar-refractivity contribution in [3.05, 3.63) is 0 Å². The van der Waals surface area contributed by atoms with E-state index in [1.54, 1.807) is 0 Å². The fraction of sp³-hybridized carbons (Fsp3) is 1.00. The number of hydrogen-bond donors (Lipinski definition) is 1. The van der Waals surface area contributed by atoms with Crippen molar-refractivity contribution in [2.75, 3.05) is 32.8 Å². The van der Waals surface area contributed by atoms with Crippen LogP contribution < -0.4 is 5.73 Å². The van der Waals surface area contributed by atoms with Gasteiger partial charge in [-0.1, -0.05) is 19.3 Å². The van der Waals surface area contributed by atoms with Crippen molar-refractivity contribution in [1.29, 1.82) is 0 Å². The lowest BCUT2D eigenvalue weighted by atomic mass is 9.94. The van der Waals surface area contributed by atoms with E-state index in [-0.39, 0.29) is 0 Å². The van der Waals surface area contributed by atoms with Crippen LogP contribution in [0.1, 0.15) is 45.4 Å². The van der Waals surface area contributed by atoms with Crippen LogP contribution in [0.2, 0.25) is 0 Å². The summed E-state index contributed by atoms with van der Waals surface area (Å²) in [4.78, 5) is 2.58. The number of ether oxygens (including phenoxy) is 1. The maximum absolute atomic E-state index is 5.69. The van der Waals surface area contributed by atoms with Crippen molar-refractivity contribution in [1.82, 2.24) is 4.90 Å². The maximum atomic E-state index is 5.69. The molecule has 0 heterocycles. The summed E-state index contributed by atoms with van der Waals surface area (Å²) in [5.41, 5.74) is 5.69. The van der Waals surface area contributed by atoms with Crippen molar-refractivity contribution in [3.8, 4) is 0 Å². The second kappa shape index (κ2) is 8.97. The average molecular weight is 228 g/mol. The van der Waals surface area contributed by atoms with Crippen LogP contribution in [0.5, 0.6) is 0 Å². The highest BCUT2D eigenvalue weighted by Crippen LogP contribution is 2.22. The average Bonchev–Trinajstić information content (AvgIpc) is 2.34. The van der Waals surface area contributed by atoms with Crippen LogP contribution in [-0.2, 0) is 4.74 Å². The molecule has 1 fully saturated rings. The Labute approximate surface area is 100 Å². The molecule has 0 atom stereocenters. The van der Waals surface area contributed by atoms with Crippen LogP contribution in [0.4, 0.5) is 0 Å². The van der Waals surface area contributed by atoms with Crippen LogP contribution in [0.3, 0.4) is 0 Å². The van der Waals surface area contributed by atoms with Gasteiger partial charge in [-0.2, -0.15) is 0 Å². The smallest absolute Gasteiger partial charge is 0.0478 e. The minimum atomic E-state index is 0.783. The van der Waals surface area contributed by atoms with Gasteiger partial charge in [0.15, 0.2) is 0 Å². The zero-order valence-electron chi connectivity index (χ0n) is 10.8. The Balaban J connectivity index is 2.22. The minimum Gasteiger partial charge on any atom is -0.382 e. The lowest BCUT2D eigenvalue weighted by Crippen LogP contribution is -2.40. The molecule has 1 rings (SSSR count). The zero-order chi connectivity index (χ0) is 11.6. The number of rotatable bonds is 8. The second-order valence-electron chi connectivity index (χ2n) is 4.67. The van der Waals surface area contributed by atoms with Gasteiger partial charge in [0, 0.05) is 38.9 Å². The first kappa shape index (κ1) is 13.9. The Kier molecular flexibility index (Phi) is 7.81. The normalized spacial score (nSPS) is 18.2. The molecule has 0 aliphatic heterocycles. The first-order valence-corrected chi connectivity index (χ1v) is 6.90. The molecule has 0 saturated heterocycles. The van der Waals surface area contributed by atoms with Gasteiger partial charge in [-0.25, -0.2) is 0 Å². The van der Waals surface area contributed by atoms with Gasteiger partial charge in [0.1, 0.15) is 0 Å². The first-order chi connectivity index (χ1) is 7.88. The summed E-state index contributed by atoms with van der Waals surface area (Å²) in [5, 5.41) is 0. The molecular formula is C13H28N2O. The predicted molar refractivity (Wildman–Crippen MR) is 68.6 cm³/mol. The van der Waals surface area contributed by atoms with Crippen LogP contribution in [0.25, 0.3) is 0 Å². The zero-order valence-corrected chi connectivity index (χ0v) is 10.8. The van der Waals surface area contributed by atoms with Gasteiger partial charge in [-0.15, -0.1) is 0 Å². The highest BCUT2D eigenvalue weighted by molar-refractivity contribution is 4.76. The van der Waals surface area contributed by atoms with Gasteiger partial charge >= 0.3 is 0 Å². The molecule has 1 aliphatic carbocycles. The van der Waals surface area contributed by atoms with E-state index in [1.807, 2.05) is 0 Å². The summed E-state index contributed by atoms with van der Waals surface area (Å²) >= 11 is 0. The molecule has 16 heavy (non-hydrogen) atoms. The molecule has 0 aromatic carbocycles. The molecule has 3 nitrogen and oxygen atoms in total. The maximum Gasteiger partial charge on any atom is 0.0478 e. The summed E-state index contributed by atoms with van der Waals surface area (Å²) in [7, 11) is 0. The molecule has 96 valence electrons. The first-order valence-electron chi connectivity index (χ1n) is 6.90. The van der Waals surface area contributed by atoms with Crippen molar-refractivity contribution >= 4 is 0 Å². The van der Waals surface area contributed by atoms with Gasteiger partial charge in [0.25, 0.3) is 0 Å². The van der Waals surface area contributed by atoms with E-state index in [0.717, 1.165) is 45.3 Å². The van der Waals surface area contributed by atoms with Crippen LogP contribution in [-0.4, -0.2) is 43.8 Å². The molecule has 1 saturated carbocycles. The van der Waals surface area contributed by atoms with Gasteiger partial charge in [-0.3, -0.25) is 4.90 Å². The fourth-order valence-electron chi connectivity index (χ4n) is 2.60. The van der Waals surface area contributed by atoms with Crippen LogP contribution in [0, 0.1) is 0 Å². The van der Waals surface area contributed by atoms with Crippen LogP contribution >= 0.6 is 0 Å². The minimum absolute atomic E-state index is 0.783. The van der Waals surface area contributed by atoms with E-state index < -0.39 is 0 Å². The van der Waals surface area contributed by atoms with E-state index in [9.17, 15) is 0 Å². The Morgan fingerprint density at radius 3 is 2.56 bits per heavy atom. The van der Waals surface area contributed by atoms with Crippen molar-refractivity contribution in [2.45, 2.75) is 51.5 Å². The highest BCUT2D eigenvalue weighted by atomic mass is 16.5. The number of hydrogen-bond acceptors (Lipinski definition) is 3. The molecule has 0 amide bonds. The van der Waals surface area contributed by atoms with Crippen molar-refractivity contribution in [2.24, 2.45) is 5.73 Å².